The van der Waals surface area contributed by atoms with Crippen LogP contribution in [0.25, 0.3) is 0 Å². The van der Waals surface area contributed by atoms with E-state index in [1.807, 2.05) is 18.2 Å². The highest BCUT2D eigenvalue weighted by atomic mass is 32.2. The smallest absolute Gasteiger partial charge is 0.253 e. The number of piperazine rings is 1. The number of rotatable bonds is 3. The molecule has 2 aliphatic heterocycles. The van der Waals surface area contributed by atoms with Gasteiger partial charge in [0.05, 0.1) is 9.79 Å². The molecule has 0 saturated carbocycles. The molecule has 3 aromatic carbocycles. The highest BCUT2D eigenvalue weighted by Crippen LogP contribution is 2.35. The molecule has 0 N–H and O–H groups in total. The Morgan fingerprint density at radius 2 is 1.44 bits per heavy atom. The van der Waals surface area contributed by atoms with Crippen molar-refractivity contribution in [3.05, 3.63) is 95.1 Å². The van der Waals surface area contributed by atoms with Gasteiger partial charge in [0.1, 0.15) is 0 Å². The van der Waals surface area contributed by atoms with Gasteiger partial charge in [0.15, 0.2) is 5.78 Å². The molecule has 1 saturated heterocycles. The van der Waals surface area contributed by atoms with Crippen LogP contribution >= 0.6 is 0 Å². The Morgan fingerprint density at radius 3 is 2.19 bits per heavy atom. The number of hydrogen-bond donors (Lipinski definition) is 0. The topological polar surface area (TPSA) is 74.8 Å². The summed E-state index contributed by atoms with van der Waals surface area (Å²) in [6.45, 7) is 3.46. The summed E-state index contributed by atoms with van der Waals surface area (Å²) in [7, 11) is -3.86. The van der Waals surface area contributed by atoms with Crippen molar-refractivity contribution in [3.63, 3.8) is 0 Å². The standard InChI is InChI=1S/C25H22N2O4S/c28-24-20-8-4-5-9-22(20)32(30,31)23-16-19(10-11-21(23)24)25(29)27-14-12-26(13-15-27)17-18-6-2-1-3-7-18/h1-11,16H,12-15,17H2. The van der Waals surface area contributed by atoms with Crippen LogP contribution in [0.4, 0.5) is 0 Å². The van der Waals surface area contributed by atoms with Crippen LogP contribution in [0.3, 0.4) is 0 Å². The van der Waals surface area contributed by atoms with Crippen molar-refractivity contribution in [2.75, 3.05) is 26.2 Å². The van der Waals surface area contributed by atoms with Gasteiger partial charge in [-0.1, -0.05) is 42.5 Å². The predicted molar refractivity (Wildman–Crippen MR) is 119 cm³/mol. The van der Waals surface area contributed by atoms with Crippen LogP contribution in [0, 0.1) is 0 Å². The van der Waals surface area contributed by atoms with Gasteiger partial charge in [-0.05, 0) is 35.9 Å². The fourth-order valence-corrected chi connectivity index (χ4v) is 6.03. The minimum atomic E-state index is -3.86. The molecule has 5 rings (SSSR count). The van der Waals surface area contributed by atoms with Gasteiger partial charge in [0.25, 0.3) is 5.91 Å². The lowest BCUT2D eigenvalue weighted by Crippen LogP contribution is -2.48. The summed E-state index contributed by atoms with van der Waals surface area (Å²) in [5.74, 6) is -0.549. The fourth-order valence-electron chi connectivity index (χ4n) is 4.35. The van der Waals surface area contributed by atoms with E-state index in [2.05, 4.69) is 17.0 Å². The number of fused-ring (bicyclic) bond motifs is 2. The zero-order valence-corrected chi connectivity index (χ0v) is 18.2. The highest BCUT2D eigenvalue weighted by molar-refractivity contribution is 7.91. The van der Waals surface area contributed by atoms with Crippen molar-refractivity contribution in [3.8, 4) is 0 Å². The number of ketones is 1. The summed E-state index contributed by atoms with van der Waals surface area (Å²) in [5, 5.41) is 0. The fraction of sp³-hybridized carbons (Fsp3) is 0.200. The van der Waals surface area contributed by atoms with Gasteiger partial charge in [-0.2, -0.15) is 0 Å². The lowest BCUT2D eigenvalue weighted by molar-refractivity contribution is 0.0628. The molecule has 6 nitrogen and oxygen atoms in total. The first-order chi connectivity index (χ1) is 15.4. The van der Waals surface area contributed by atoms with Crippen molar-refractivity contribution in [2.45, 2.75) is 16.3 Å². The Bertz CT molecular complexity index is 1310. The normalized spacial score (nSPS) is 17.5. The van der Waals surface area contributed by atoms with Crippen LogP contribution < -0.4 is 0 Å². The minimum Gasteiger partial charge on any atom is -0.336 e. The number of sulfone groups is 1. The van der Waals surface area contributed by atoms with Crippen molar-refractivity contribution in [1.82, 2.24) is 9.80 Å². The summed E-state index contributed by atoms with van der Waals surface area (Å²) < 4.78 is 26.2. The van der Waals surface area contributed by atoms with Crippen LogP contribution in [-0.2, 0) is 16.4 Å². The van der Waals surface area contributed by atoms with Crippen LogP contribution in [0.15, 0.2) is 82.6 Å². The molecule has 0 aromatic heterocycles. The van der Waals surface area contributed by atoms with Gasteiger partial charge in [0.2, 0.25) is 9.84 Å². The second kappa shape index (κ2) is 8.00. The maximum Gasteiger partial charge on any atom is 0.253 e. The quantitative estimate of drug-likeness (QED) is 0.484. The van der Waals surface area contributed by atoms with Crippen molar-refractivity contribution in [1.29, 1.82) is 0 Å². The van der Waals surface area contributed by atoms with E-state index < -0.39 is 9.84 Å². The third-order valence-corrected chi connectivity index (χ3v) is 7.94. The molecule has 162 valence electrons. The second-order valence-corrected chi connectivity index (χ2v) is 9.98. The molecule has 2 heterocycles. The molecule has 0 atom stereocenters. The molecule has 2 aliphatic rings. The molecule has 32 heavy (non-hydrogen) atoms. The Labute approximate surface area is 187 Å². The Kier molecular flexibility index (Phi) is 5.15. The third kappa shape index (κ3) is 3.53. The number of hydrogen-bond acceptors (Lipinski definition) is 5. The highest BCUT2D eigenvalue weighted by Gasteiger charge is 2.35. The number of nitrogens with zero attached hydrogens (tertiary/aromatic N) is 2. The molecule has 1 amide bonds. The first-order valence-electron chi connectivity index (χ1n) is 10.5. The molecular formula is C25H22N2O4S. The van der Waals surface area contributed by atoms with E-state index in [9.17, 15) is 18.0 Å². The van der Waals surface area contributed by atoms with Gasteiger partial charge >= 0.3 is 0 Å². The van der Waals surface area contributed by atoms with Crippen LogP contribution in [0.2, 0.25) is 0 Å². The van der Waals surface area contributed by atoms with Crippen molar-refractivity contribution in [2.24, 2.45) is 0 Å². The summed E-state index contributed by atoms with van der Waals surface area (Å²) in [6.07, 6.45) is 0. The van der Waals surface area contributed by atoms with Gasteiger partial charge in [-0.3, -0.25) is 14.5 Å². The van der Waals surface area contributed by atoms with Gasteiger partial charge in [0, 0.05) is 49.4 Å². The monoisotopic (exact) mass is 446 g/mol. The Balaban J connectivity index is 1.35. The lowest BCUT2D eigenvalue weighted by atomic mass is 10.0. The maximum absolute atomic E-state index is 13.1. The molecular weight excluding hydrogens is 424 g/mol. The molecule has 0 radical (unpaired) electrons. The summed E-state index contributed by atoms with van der Waals surface area (Å²) in [6, 6.07) is 20.8. The molecule has 3 aromatic rings. The zero-order valence-electron chi connectivity index (χ0n) is 17.4. The lowest BCUT2D eigenvalue weighted by Gasteiger charge is -2.35. The molecule has 0 aliphatic carbocycles. The number of carbonyl (C=O) groups excluding carboxylic acids is 2. The molecule has 0 spiro atoms. The zero-order chi connectivity index (χ0) is 22.3. The molecule has 1 fully saturated rings. The number of amides is 1. The van der Waals surface area contributed by atoms with Crippen molar-refractivity contribution >= 4 is 21.5 Å². The predicted octanol–water partition coefficient (Wildman–Crippen LogP) is 3.02. The summed E-state index contributed by atoms with van der Waals surface area (Å²) >= 11 is 0. The van der Waals surface area contributed by atoms with E-state index in [4.69, 9.17) is 0 Å². The Hall–Kier alpha value is -3.29. The SMILES string of the molecule is O=C1c2ccccc2S(=O)(=O)c2cc(C(=O)N3CCN(Cc4ccccc4)CC3)ccc21. The van der Waals surface area contributed by atoms with Gasteiger partial charge < -0.3 is 4.90 Å². The summed E-state index contributed by atoms with van der Waals surface area (Å²) in [4.78, 5) is 29.9. The van der Waals surface area contributed by atoms with Crippen LogP contribution in [0.1, 0.15) is 31.8 Å². The van der Waals surface area contributed by atoms with E-state index in [1.165, 1.54) is 29.8 Å². The minimum absolute atomic E-state index is 0.00312. The number of benzene rings is 3. The van der Waals surface area contributed by atoms with Crippen LogP contribution in [-0.4, -0.2) is 56.1 Å². The van der Waals surface area contributed by atoms with Gasteiger partial charge in [-0.15, -0.1) is 0 Å². The van der Waals surface area contributed by atoms with Crippen molar-refractivity contribution < 1.29 is 18.0 Å². The first kappa shape index (κ1) is 20.6. The Morgan fingerprint density at radius 1 is 0.781 bits per heavy atom. The molecule has 0 bridgehead atoms. The largest absolute Gasteiger partial charge is 0.336 e. The number of carbonyl (C=O) groups is 2. The van der Waals surface area contributed by atoms with Crippen LogP contribution in [0.5, 0.6) is 0 Å². The van der Waals surface area contributed by atoms with E-state index >= 15 is 0 Å². The molecule has 0 unspecified atom stereocenters. The van der Waals surface area contributed by atoms with E-state index in [0.29, 0.717) is 13.1 Å². The molecule has 7 heteroatoms. The van der Waals surface area contributed by atoms with E-state index in [1.54, 1.807) is 23.1 Å². The maximum atomic E-state index is 13.1. The summed E-state index contributed by atoms with van der Waals surface area (Å²) in [5.41, 5.74) is 1.81. The average molecular weight is 447 g/mol. The van der Waals surface area contributed by atoms with E-state index in [-0.39, 0.29) is 38.2 Å². The average Bonchev–Trinajstić information content (AvgIpc) is 2.83. The van der Waals surface area contributed by atoms with E-state index in [0.717, 1.165) is 19.6 Å². The third-order valence-electron chi connectivity index (χ3n) is 6.09. The first-order valence-corrected chi connectivity index (χ1v) is 12.0. The second-order valence-electron chi connectivity index (χ2n) is 8.09. The van der Waals surface area contributed by atoms with Gasteiger partial charge in [-0.25, -0.2) is 8.42 Å².